The van der Waals surface area contributed by atoms with Gasteiger partial charge in [-0.05, 0) is 13.3 Å². The summed E-state index contributed by atoms with van der Waals surface area (Å²) >= 11 is 0. The molecule has 3 heteroatoms. The standard InChI is InChI=1S/C9H16N2O/c1-3-4-8(2)11-6-9-5-10-7-12-9/h5,7-8,11H,3-4,6H2,1-2H3. The van der Waals surface area contributed by atoms with Crippen LogP contribution < -0.4 is 5.32 Å². The molecule has 0 aliphatic heterocycles. The summed E-state index contributed by atoms with van der Waals surface area (Å²) in [5.74, 6) is 0.901. The fourth-order valence-electron chi connectivity index (χ4n) is 1.14. The molecule has 0 aliphatic rings. The van der Waals surface area contributed by atoms with E-state index in [1.165, 1.54) is 19.2 Å². The normalized spacial score (nSPS) is 13.2. The van der Waals surface area contributed by atoms with Gasteiger partial charge in [-0.15, -0.1) is 0 Å². The molecule has 1 N–H and O–H groups in total. The summed E-state index contributed by atoms with van der Waals surface area (Å²) in [5.41, 5.74) is 0. The average molecular weight is 168 g/mol. The van der Waals surface area contributed by atoms with Gasteiger partial charge in [0.2, 0.25) is 0 Å². The Balaban J connectivity index is 2.17. The molecule has 3 nitrogen and oxygen atoms in total. The van der Waals surface area contributed by atoms with Gasteiger partial charge in [-0.3, -0.25) is 0 Å². The molecule has 1 unspecified atom stereocenters. The van der Waals surface area contributed by atoms with Crippen molar-refractivity contribution in [2.24, 2.45) is 0 Å². The first kappa shape index (κ1) is 9.26. The maximum atomic E-state index is 5.09. The van der Waals surface area contributed by atoms with E-state index >= 15 is 0 Å². The first-order valence-electron chi connectivity index (χ1n) is 4.43. The van der Waals surface area contributed by atoms with Crippen molar-refractivity contribution in [2.45, 2.75) is 39.3 Å². The number of hydrogen-bond donors (Lipinski definition) is 1. The van der Waals surface area contributed by atoms with E-state index in [9.17, 15) is 0 Å². The minimum absolute atomic E-state index is 0.556. The monoisotopic (exact) mass is 168 g/mol. The van der Waals surface area contributed by atoms with Crippen LogP contribution in [0.2, 0.25) is 0 Å². The average Bonchev–Trinajstić information content (AvgIpc) is 2.53. The topological polar surface area (TPSA) is 38.1 Å². The summed E-state index contributed by atoms with van der Waals surface area (Å²) < 4.78 is 5.09. The highest BCUT2D eigenvalue weighted by Gasteiger charge is 2.00. The molecule has 0 aromatic carbocycles. The van der Waals surface area contributed by atoms with Gasteiger partial charge in [0.05, 0.1) is 12.7 Å². The molecule has 0 saturated carbocycles. The van der Waals surface area contributed by atoms with E-state index in [1.807, 2.05) is 0 Å². The highest BCUT2D eigenvalue weighted by Crippen LogP contribution is 1.99. The second-order valence-electron chi connectivity index (χ2n) is 3.04. The molecular formula is C9H16N2O. The number of nitrogens with one attached hydrogen (secondary N) is 1. The fraction of sp³-hybridized carbons (Fsp3) is 0.667. The Morgan fingerprint density at radius 3 is 3.08 bits per heavy atom. The van der Waals surface area contributed by atoms with Gasteiger partial charge in [0.15, 0.2) is 6.39 Å². The van der Waals surface area contributed by atoms with Crippen molar-refractivity contribution in [1.82, 2.24) is 10.3 Å². The van der Waals surface area contributed by atoms with Crippen LogP contribution in [0.25, 0.3) is 0 Å². The summed E-state index contributed by atoms with van der Waals surface area (Å²) in [6.45, 7) is 5.15. The quantitative estimate of drug-likeness (QED) is 0.730. The minimum Gasteiger partial charge on any atom is -0.447 e. The number of hydrogen-bond acceptors (Lipinski definition) is 3. The third kappa shape index (κ3) is 3.05. The fourth-order valence-corrected chi connectivity index (χ4v) is 1.14. The minimum atomic E-state index is 0.556. The van der Waals surface area contributed by atoms with E-state index in [0.717, 1.165) is 12.3 Å². The summed E-state index contributed by atoms with van der Waals surface area (Å²) in [6.07, 6.45) is 5.62. The Morgan fingerprint density at radius 1 is 1.67 bits per heavy atom. The molecule has 12 heavy (non-hydrogen) atoms. The molecule has 1 atom stereocenters. The maximum absolute atomic E-state index is 5.09. The van der Waals surface area contributed by atoms with Crippen LogP contribution in [0.15, 0.2) is 17.0 Å². The van der Waals surface area contributed by atoms with Crippen molar-refractivity contribution >= 4 is 0 Å². The van der Waals surface area contributed by atoms with Crippen molar-refractivity contribution < 1.29 is 4.42 Å². The number of rotatable bonds is 5. The molecule has 0 aliphatic carbocycles. The van der Waals surface area contributed by atoms with Gasteiger partial charge in [0, 0.05) is 6.04 Å². The van der Waals surface area contributed by atoms with Gasteiger partial charge in [-0.1, -0.05) is 13.3 Å². The molecule has 0 radical (unpaired) electrons. The van der Waals surface area contributed by atoms with Crippen LogP contribution in [-0.4, -0.2) is 11.0 Å². The third-order valence-corrected chi connectivity index (χ3v) is 1.83. The van der Waals surface area contributed by atoms with Crippen LogP contribution in [-0.2, 0) is 6.54 Å². The molecule has 1 heterocycles. The zero-order valence-corrected chi connectivity index (χ0v) is 7.71. The van der Waals surface area contributed by atoms with E-state index in [-0.39, 0.29) is 0 Å². The highest BCUT2D eigenvalue weighted by atomic mass is 16.3. The molecule has 1 aromatic heterocycles. The molecule has 0 fully saturated rings. The van der Waals surface area contributed by atoms with Crippen LogP contribution in [0.1, 0.15) is 32.4 Å². The Bertz CT molecular complexity index is 196. The molecule has 1 aromatic rings. The van der Waals surface area contributed by atoms with Crippen LogP contribution in [0, 0.1) is 0 Å². The van der Waals surface area contributed by atoms with Crippen molar-refractivity contribution in [3.05, 3.63) is 18.4 Å². The van der Waals surface area contributed by atoms with Crippen molar-refractivity contribution in [2.75, 3.05) is 0 Å². The third-order valence-electron chi connectivity index (χ3n) is 1.83. The van der Waals surface area contributed by atoms with Crippen LogP contribution in [0.5, 0.6) is 0 Å². The van der Waals surface area contributed by atoms with Gasteiger partial charge in [-0.2, -0.15) is 0 Å². The van der Waals surface area contributed by atoms with E-state index in [1.54, 1.807) is 6.20 Å². The summed E-state index contributed by atoms with van der Waals surface area (Å²) in [7, 11) is 0. The summed E-state index contributed by atoms with van der Waals surface area (Å²) in [5, 5.41) is 3.35. The number of aromatic nitrogens is 1. The lowest BCUT2D eigenvalue weighted by Crippen LogP contribution is -2.24. The smallest absolute Gasteiger partial charge is 0.180 e. The van der Waals surface area contributed by atoms with Gasteiger partial charge < -0.3 is 9.73 Å². The highest BCUT2D eigenvalue weighted by molar-refractivity contribution is 4.87. The lowest BCUT2D eigenvalue weighted by molar-refractivity contribution is 0.440. The molecule has 0 spiro atoms. The molecular weight excluding hydrogens is 152 g/mol. The largest absolute Gasteiger partial charge is 0.447 e. The Kier molecular flexibility index (Phi) is 3.80. The van der Waals surface area contributed by atoms with Crippen molar-refractivity contribution in [3.8, 4) is 0 Å². The van der Waals surface area contributed by atoms with Crippen molar-refractivity contribution in [3.63, 3.8) is 0 Å². The van der Waals surface area contributed by atoms with E-state index in [4.69, 9.17) is 4.42 Å². The molecule has 0 amide bonds. The SMILES string of the molecule is CCCC(C)NCc1cnco1. The Morgan fingerprint density at radius 2 is 2.50 bits per heavy atom. The lowest BCUT2D eigenvalue weighted by Gasteiger charge is -2.10. The molecule has 1 rings (SSSR count). The zero-order valence-electron chi connectivity index (χ0n) is 7.71. The molecule has 0 bridgehead atoms. The second-order valence-corrected chi connectivity index (χ2v) is 3.04. The van der Waals surface area contributed by atoms with Crippen LogP contribution in [0.3, 0.4) is 0 Å². The summed E-state index contributed by atoms with van der Waals surface area (Å²) in [4.78, 5) is 3.84. The van der Waals surface area contributed by atoms with E-state index in [0.29, 0.717) is 6.04 Å². The van der Waals surface area contributed by atoms with Crippen LogP contribution >= 0.6 is 0 Å². The molecule has 68 valence electrons. The first-order chi connectivity index (χ1) is 5.83. The predicted molar refractivity (Wildman–Crippen MR) is 47.7 cm³/mol. The van der Waals surface area contributed by atoms with Gasteiger partial charge in [0.1, 0.15) is 5.76 Å². The maximum Gasteiger partial charge on any atom is 0.180 e. The van der Waals surface area contributed by atoms with Gasteiger partial charge in [0.25, 0.3) is 0 Å². The van der Waals surface area contributed by atoms with Crippen LogP contribution in [0.4, 0.5) is 0 Å². The summed E-state index contributed by atoms with van der Waals surface area (Å²) in [6, 6.07) is 0.556. The number of oxazole rings is 1. The predicted octanol–water partition coefficient (Wildman–Crippen LogP) is 1.95. The van der Waals surface area contributed by atoms with Crippen molar-refractivity contribution in [1.29, 1.82) is 0 Å². The zero-order chi connectivity index (χ0) is 8.81. The lowest BCUT2D eigenvalue weighted by atomic mass is 10.2. The van der Waals surface area contributed by atoms with E-state index in [2.05, 4.69) is 24.1 Å². The van der Waals surface area contributed by atoms with Gasteiger partial charge >= 0.3 is 0 Å². The Hall–Kier alpha value is -0.830. The first-order valence-corrected chi connectivity index (χ1v) is 4.43. The number of nitrogens with zero attached hydrogens (tertiary/aromatic N) is 1. The molecule has 0 saturated heterocycles. The van der Waals surface area contributed by atoms with Gasteiger partial charge in [-0.25, -0.2) is 4.98 Å². The second kappa shape index (κ2) is 4.93. The Labute approximate surface area is 73.2 Å². The van der Waals surface area contributed by atoms with E-state index < -0.39 is 0 Å².